The number of rotatable bonds is 3. The van der Waals surface area contributed by atoms with Crippen LogP contribution in [-0.2, 0) is 23.3 Å². The zero-order valence-corrected chi connectivity index (χ0v) is 15.4. The fourth-order valence-electron chi connectivity index (χ4n) is 4.35. The molecule has 1 fully saturated rings. The number of carbonyl (C=O) groups is 2. The van der Waals surface area contributed by atoms with Gasteiger partial charge < -0.3 is 5.32 Å². The van der Waals surface area contributed by atoms with Crippen molar-refractivity contribution in [3.8, 4) is 11.1 Å². The van der Waals surface area contributed by atoms with E-state index in [1.165, 1.54) is 4.90 Å². The van der Waals surface area contributed by atoms with Gasteiger partial charge >= 0.3 is 6.03 Å². The molecule has 0 aromatic heterocycles. The summed E-state index contributed by atoms with van der Waals surface area (Å²) in [5, 5.41) is 2.98. The van der Waals surface area contributed by atoms with Crippen LogP contribution in [0.25, 0.3) is 11.1 Å². The van der Waals surface area contributed by atoms with E-state index in [2.05, 4.69) is 17.4 Å². The highest BCUT2D eigenvalue weighted by Gasteiger charge is 2.55. The van der Waals surface area contributed by atoms with E-state index in [4.69, 9.17) is 0 Å². The predicted octanol–water partition coefficient (Wildman–Crippen LogP) is 4.25. The first-order chi connectivity index (χ1) is 13.7. The van der Waals surface area contributed by atoms with E-state index in [1.807, 2.05) is 66.7 Å². The van der Waals surface area contributed by atoms with Crippen LogP contribution in [0.4, 0.5) is 4.79 Å². The molecular weight excluding hydrogens is 348 g/mol. The molecule has 3 amide bonds. The highest BCUT2D eigenvalue weighted by Crippen LogP contribution is 2.41. The van der Waals surface area contributed by atoms with Crippen LogP contribution in [-0.4, -0.2) is 16.8 Å². The normalized spacial score (nSPS) is 20.5. The van der Waals surface area contributed by atoms with Gasteiger partial charge in [0.1, 0.15) is 5.54 Å². The minimum Gasteiger partial charge on any atom is -0.319 e. The van der Waals surface area contributed by atoms with Crippen LogP contribution < -0.4 is 5.32 Å². The van der Waals surface area contributed by atoms with Crippen molar-refractivity contribution < 1.29 is 9.59 Å². The maximum absolute atomic E-state index is 13.2. The van der Waals surface area contributed by atoms with Gasteiger partial charge in [-0.15, -0.1) is 0 Å². The minimum absolute atomic E-state index is 0.144. The van der Waals surface area contributed by atoms with E-state index in [1.54, 1.807) is 0 Å². The van der Waals surface area contributed by atoms with Crippen LogP contribution in [0.1, 0.15) is 23.1 Å². The van der Waals surface area contributed by atoms with Crippen molar-refractivity contribution in [2.75, 3.05) is 0 Å². The van der Waals surface area contributed by atoms with Crippen LogP contribution in [0.2, 0.25) is 0 Å². The molecule has 0 radical (unpaired) electrons. The lowest BCUT2D eigenvalue weighted by molar-refractivity contribution is -0.132. The van der Waals surface area contributed by atoms with Gasteiger partial charge in [-0.1, -0.05) is 78.9 Å². The SMILES string of the molecule is O=C1N[C@]2(CCc3ccccc32)C(=O)N1Cc1ccc(-c2ccccc2)cc1. The lowest BCUT2D eigenvalue weighted by Crippen LogP contribution is -2.41. The molecule has 138 valence electrons. The second kappa shape index (κ2) is 6.34. The van der Waals surface area contributed by atoms with Crippen molar-refractivity contribution >= 4 is 11.9 Å². The van der Waals surface area contributed by atoms with Gasteiger partial charge in [0, 0.05) is 0 Å². The summed E-state index contributed by atoms with van der Waals surface area (Å²) >= 11 is 0. The van der Waals surface area contributed by atoms with Crippen LogP contribution in [0.15, 0.2) is 78.9 Å². The maximum Gasteiger partial charge on any atom is 0.325 e. The smallest absolute Gasteiger partial charge is 0.319 e. The summed E-state index contributed by atoms with van der Waals surface area (Å²) in [6.07, 6.45) is 1.43. The molecule has 3 aromatic rings. The van der Waals surface area contributed by atoms with Crippen LogP contribution in [0, 0.1) is 0 Å². The van der Waals surface area contributed by atoms with Crippen molar-refractivity contribution in [1.82, 2.24) is 10.2 Å². The van der Waals surface area contributed by atoms with Gasteiger partial charge in [0.15, 0.2) is 0 Å². The monoisotopic (exact) mass is 368 g/mol. The fourth-order valence-corrected chi connectivity index (χ4v) is 4.35. The Morgan fingerprint density at radius 1 is 0.821 bits per heavy atom. The molecule has 1 spiro atoms. The van der Waals surface area contributed by atoms with Crippen LogP contribution in [0.3, 0.4) is 0 Å². The Morgan fingerprint density at radius 3 is 2.29 bits per heavy atom. The quantitative estimate of drug-likeness (QED) is 0.703. The van der Waals surface area contributed by atoms with Crippen molar-refractivity contribution in [1.29, 1.82) is 0 Å². The predicted molar refractivity (Wildman–Crippen MR) is 107 cm³/mol. The number of nitrogens with one attached hydrogen (secondary N) is 1. The molecule has 4 nitrogen and oxygen atoms in total. The molecule has 1 saturated heterocycles. The lowest BCUT2D eigenvalue weighted by Gasteiger charge is -2.22. The molecule has 0 bridgehead atoms. The van der Waals surface area contributed by atoms with E-state index >= 15 is 0 Å². The number of carbonyl (C=O) groups excluding carboxylic acids is 2. The molecule has 1 N–H and O–H groups in total. The first kappa shape index (κ1) is 16.8. The molecule has 1 atom stereocenters. The van der Waals surface area contributed by atoms with E-state index < -0.39 is 5.54 Å². The van der Waals surface area contributed by atoms with E-state index in [0.29, 0.717) is 6.42 Å². The van der Waals surface area contributed by atoms with Gasteiger partial charge in [0.05, 0.1) is 6.54 Å². The molecule has 0 unspecified atom stereocenters. The molecule has 5 rings (SSSR count). The third kappa shape index (κ3) is 2.53. The van der Waals surface area contributed by atoms with Crippen LogP contribution >= 0.6 is 0 Å². The third-order valence-corrected chi connectivity index (χ3v) is 5.82. The summed E-state index contributed by atoms with van der Waals surface area (Å²) < 4.78 is 0. The number of aryl methyl sites for hydroxylation is 1. The summed E-state index contributed by atoms with van der Waals surface area (Å²) in [7, 11) is 0. The van der Waals surface area contributed by atoms with Crippen molar-refractivity contribution in [3.63, 3.8) is 0 Å². The van der Waals surface area contributed by atoms with Crippen molar-refractivity contribution in [2.24, 2.45) is 0 Å². The molecular formula is C24H20N2O2. The molecule has 1 aliphatic heterocycles. The Kier molecular flexibility index (Phi) is 3.79. The standard InChI is InChI=1S/C24H20N2O2/c27-22-24(15-14-20-8-4-5-9-21(20)24)25-23(28)26(22)16-17-10-12-19(13-11-17)18-6-2-1-3-7-18/h1-13H,14-16H2,(H,25,28)/t24-/m0/s1. The number of amides is 3. The molecule has 0 saturated carbocycles. The zero-order valence-electron chi connectivity index (χ0n) is 15.4. The zero-order chi connectivity index (χ0) is 19.1. The van der Waals surface area contributed by atoms with Gasteiger partial charge in [0.2, 0.25) is 0 Å². The summed E-state index contributed by atoms with van der Waals surface area (Å²) in [4.78, 5) is 27.2. The minimum atomic E-state index is -0.891. The largest absolute Gasteiger partial charge is 0.325 e. The Bertz CT molecular complexity index is 1060. The lowest BCUT2D eigenvalue weighted by atomic mass is 9.92. The van der Waals surface area contributed by atoms with E-state index in [9.17, 15) is 9.59 Å². The number of fused-ring (bicyclic) bond motifs is 2. The van der Waals surface area contributed by atoms with Crippen molar-refractivity contribution in [3.05, 3.63) is 95.6 Å². The Labute approximate surface area is 163 Å². The number of benzene rings is 3. The third-order valence-electron chi connectivity index (χ3n) is 5.82. The summed E-state index contributed by atoms with van der Waals surface area (Å²) in [6, 6.07) is 25.8. The van der Waals surface area contributed by atoms with Gasteiger partial charge in [-0.3, -0.25) is 9.69 Å². The summed E-state index contributed by atoms with van der Waals surface area (Å²) in [5.41, 5.74) is 4.39. The van der Waals surface area contributed by atoms with Crippen molar-refractivity contribution in [2.45, 2.75) is 24.9 Å². The second-order valence-electron chi connectivity index (χ2n) is 7.45. The second-order valence-corrected chi connectivity index (χ2v) is 7.45. The maximum atomic E-state index is 13.2. The molecule has 2 aliphatic rings. The fraction of sp³-hybridized carbons (Fsp3) is 0.167. The highest BCUT2D eigenvalue weighted by molar-refractivity contribution is 6.08. The van der Waals surface area contributed by atoms with Crippen LogP contribution in [0.5, 0.6) is 0 Å². The van der Waals surface area contributed by atoms with Gasteiger partial charge in [0.25, 0.3) is 5.91 Å². The highest BCUT2D eigenvalue weighted by atomic mass is 16.2. The van der Waals surface area contributed by atoms with Gasteiger partial charge in [-0.2, -0.15) is 0 Å². The summed E-state index contributed by atoms with van der Waals surface area (Å²) in [5.74, 6) is -0.144. The Morgan fingerprint density at radius 2 is 1.50 bits per heavy atom. The average molecular weight is 368 g/mol. The Hall–Kier alpha value is -3.40. The number of imide groups is 1. The van der Waals surface area contributed by atoms with E-state index in [0.717, 1.165) is 34.2 Å². The number of hydrogen-bond acceptors (Lipinski definition) is 2. The number of urea groups is 1. The molecule has 4 heteroatoms. The number of nitrogens with zero attached hydrogens (tertiary/aromatic N) is 1. The first-order valence-corrected chi connectivity index (χ1v) is 9.54. The average Bonchev–Trinajstić information content (AvgIpc) is 3.23. The van der Waals surface area contributed by atoms with E-state index in [-0.39, 0.29) is 18.5 Å². The Balaban J connectivity index is 1.39. The molecule has 1 heterocycles. The van der Waals surface area contributed by atoms with Gasteiger partial charge in [-0.05, 0) is 40.7 Å². The molecule has 1 aliphatic carbocycles. The topological polar surface area (TPSA) is 49.4 Å². The summed E-state index contributed by atoms with van der Waals surface area (Å²) in [6.45, 7) is 0.281. The number of hydrogen-bond donors (Lipinski definition) is 1. The molecule has 3 aromatic carbocycles. The first-order valence-electron chi connectivity index (χ1n) is 9.54. The van der Waals surface area contributed by atoms with Gasteiger partial charge in [-0.25, -0.2) is 4.79 Å². The molecule has 28 heavy (non-hydrogen) atoms.